The molecule has 2 rings (SSSR count). The van der Waals surface area contributed by atoms with Crippen LogP contribution in [0.1, 0.15) is 31.2 Å². The summed E-state index contributed by atoms with van der Waals surface area (Å²) in [4.78, 5) is 2.37. The summed E-state index contributed by atoms with van der Waals surface area (Å²) in [6.45, 7) is 1.27. The van der Waals surface area contributed by atoms with Gasteiger partial charge >= 0.3 is 0 Å². The zero-order chi connectivity index (χ0) is 14.5. The van der Waals surface area contributed by atoms with Gasteiger partial charge in [0.05, 0.1) is 5.69 Å². The average Bonchev–Trinajstić information content (AvgIpc) is 2.92. The smallest absolute Gasteiger partial charge is 0.170 e. The van der Waals surface area contributed by atoms with E-state index in [1.807, 2.05) is 18.2 Å². The first kappa shape index (κ1) is 15.1. The van der Waals surface area contributed by atoms with Gasteiger partial charge in [0.1, 0.15) is 0 Å². The highest BCUT2D eigenvalue weighted by molar-refractivity contribution is 9.10. The predicted molar refractivity (Wildman–Crippen MR) is 83.3 cm³/mol. The van der Waals surface area contributed by atoms with Crippen LogP contribution >= 0.6 is 15.9 Å². The highest BCUT2D eigenvalue weighted by Gasteiger charge is 2.25. The van der Waals surface area contributed by atoms with Crippen LogP contribution in [-0.4, -0.2) is 35.3 Å². The molecule has 1 unspecified atom stereocenters. The molecular weight excluding hydrogens is 322 g/mol. The fourth-order valence-electron chi connectivity index (χ4n) is 2.74. The first-order chi connectivity index (χ1) is 9.67. The monoisotopic (exact) mass is 341 g/mol. The van der Waals surface area contributed by atoms with Gasteiger partial charge in [-0.15, -0.1) is 0 Å². The summed E-state index contributed by atoms with van der Waals surface area (Å²) in [5, 5.41) is 20.7. The first-order valence-corrected chi connectivity index (χ1v) is 7.61. The van der Waals surface area contributed by atoms with E-state index in [0.29, 0.717) is 11.6 Å². The molecule has 6 heteroatoms. The SMILES string of the molecule is N/C(=N/O)c1ccc(N2CCCC2CCCO)c(Br)c1. The fourth-order valence-corrected chi connectivity index (χ4v) is 3.34. The van der Waals surface area contributed by atoms with E-state index in [2.05, 4.69) is 26.0 Å². The van der Waals surface area contributed by atoms with E-state index in [4.69, 9.17) is 16.0 Å². The molecule has 0 amide bonds. The van der Waals surface area contributed by atoms with Crippen LogP contribution in [0.15, 0.2) is 27.8 Å². The number of amidine groups is 1. The molecule has 1 aliphatic heterocycles. The van der Waals surface area contributed by atoms with Crippen LogP contribution < -0.4 is 10.6 Å². The van der Waals surface area contributed by atoms with Crippen molar-refractivity contribution in [2.24, 2.45) is 10.9 Å². The largest absolute Gasteiger partial charge is 0.409 e. The number of benzene rings is 1. The van der Waals surface area contributed by atoms with Crippen molar-refractivity contribution in [3.05, 3.63) is 28.2 Å². The summed E-state index contributed by atoms with van der Waals surface area (Å²) in [5.74, 6) is 0.107. The second-order valence-electron chi connectivity index (χ2n) is 5.01. The van der Waals surface area contributed by atoms with E-state index < -0.39 is 0 Å². The third-order valence-electron chi connectivity index (χ3n) is 3.73. The molecule has 1 fully saturated rings. The quantitative estimate of drug-likeness (QED) is 0.332. The normalized spacial score (nSPS) is 19.6. The van der Waals surface area contributed by atoms with E-state index >= 15 is 0 Å². The van der Waals surface area contributed by atoms with E-state index in [0.717, 1.165) is 36.0 Å². The highest BCUT2D eigenvalue weighted by Crippen LogP contribution is 2.34. The number of rotatable bonds is 5. The van der Waals surface area contributed by atoms with Crippen molar-refractivity contribution >= 4 is 27.5 Å². The van der Waals surface area contributed by atoms with E-state index in [9.17, 15) is 0 Å². The third-order valence-corrected chi connectivity index (χ3v) is 4.37. The highest BCUT2D eigenvalue weighted by atomic mass is 79.9. The Bertz CT molecular complexity index is 493. The van der Waals surface area contributed by atoms with Crippen LogP contribution in [0.25, 0.3) is 0 Å². The molecule has 1 aromatic rings. The molecule has 0 aliphatic carbocycles. The molecule has 20 heavy (non-hydrogen) atoms. The van der Waals surface area contributed by atoms with Crippen LogP contribution in [0.5, 0.6) is 0 Å². The van der Waals surface area contributed by atoms with Gasteiger partial charge in [0, 0.05) is 29.2 Å². The molecule has 0 saturated carbocycles. The molecule has 0 spiro atoms. The topological polar surface area (TPSA) is 82.1 Å². The molecule has 1 aromatic carbocycles. The summed E-state index contributed by atoms with van der Waals surface area (Å²) in [6, 6.07) is 6.20. The fraction of sp³-hybridized carbons (Fsp3) is 0.500. The molecule has 1 heterocycles. The Morgan fingerprint density at radius 3 is 2.95 bits per heavy atom. The number of halogens is 1. The lowest BCUT2D eigenvalue weighted by atomic mass is 10.1. The van der Waals surface area contributed by atoms with Gasteiger partial charge in [-0.1, -0.05) is 5.16 Å². The van der Waals surface area contributed by atoms with Crippen molar-refractivity contribution in [2.45, 2.75) is 31.7 Å². The summed E-state index contributed by atoms with van der Waals surface area (Å²) in [6.07, 6.45) is 4.17. The summed E-state index contributed by atoms with van der Waals surface area (Å²) < 4.78 is 0.942. The van der Waals surface area contributed by atoms with Crippen molar-refractivity contribution in [1.82, 2.24) is 0 Å². The Morgan fingerprint density at radius 2 is 2.30 bits per heavy atom. The molecule has 0 aromatic heterocycles. The number of hydrogen-bond donors (Lipinski definition) is 3. The zero-order valence-corrected chi connectivity index (χ0v) is 12.9. The Morgan fingerprint density at radius 1 is 1.50 bits per heavy atom. The van der Waals surface area contributed by atoms with Gasteiger partial charge in [-0.05, 0) is 59.8 Å². The van der Waals surface area contributed by atoms with Crippen LogP contribution in [0.3, 0.4) is 0 Å². The van der Waals surface area contributed by atoms with Gasteiger partial charge in [-0.3, -0.25) is 0 Å². The van der Waals surface area contributed by atoms with Gasteiger partial charge in [0.25, 0.3) is 0 Å². The lowest BCUT2D eigenvalue weighted by Gasteiger charge is -2.28. The van der Waals surface area contributed by atoms with Gasteiger partial charge in [0.2, 0.25) is 0 Å². The first-order valence-electron chi connectivity index (χ1n) is 6.82. The molecule has 4 N–H and O–H groups in total. The van der Waals surface area contributed by atoms with E-state index in [-0.39, 0.29) is 12.4 Å². The number of hydrogen-bond acceptors (Lipinski definition) is 4. The Balaban J connectivity index is 2.19. The van der Waals surface area contributed by atoms with Crippen molar-refractivity contribution in [3.63, 3.8) is 0 Å². The second-order valence-corrected chi connectivity index (χ2v) is 5.86. The Labute approximate surface area is 127 Å². The maximum absolute atomic E-state index is 8.98. The lowest BCUT2D eigenvalue weighted by molar-refractivity contribution is 0.279. The van der Waals surface area contributed by atoms with Crippen molar-refractivity contribution in [3.8, 4) is 0 Å². The van der Waals surface area contributed by atoms with Gasteiger partial charge in [0.15, 0.2) is 5.84 Å². The Hall–Kier alpha value is -1.27. The van der Waals surface area contributed by atoms with Gasteiger partial charge < -0.3 is 20.9 Å². The molecule has 110 valence electrons. The molecule has 1 aliphatic rings. The number of nitrogens with two attached hydrogens (primary N) is 1. The minimum atomic E-state index is 0.107. The van der Waals surface area contributed by atoms with Crippen LogP contribution in [-0.2, 0) is 0 Å². The molecule has 1 atom stereocenters. The second kappa shape index (κ2) is 6.95. The number of anilines is 1. The molecule has 5 nitrogen and oxygen atoms in total. The summed E-state index contributed by atoms with van der Waals surface area (Å²) >= 11 is 3.57. The van der Waals surface area contributed by atoms with Crippen molar-refractivity contribution in [1.29, 1.82) is 0 Å². The summed E-state index contributed by atoms with van der Waals surface area (Å²) in [7, 11) is 0. The minimum Gasteiger partial charge on any atom is -0.409 e. The Kier molecular flexibility index (Phi) is 5.25. The number of aliphatic hydroxyl groups excluding tert-OH is 1. The van der Waals surface area contributed by atoms with Crippen molar-refractivity contribution < 1.29 is 10.3 Å². The molecule has 0 bridgehead atoms. The van der Waals surface area contributed by atoms with Crippen LogP contribution in [0.2, 0.25) is 0 Å². The van der Waals surface area contributed by atoms with E-state index in [1.54, 1.807) is 0 Å². The minimum absolute atomic E-state index is 0.107. The van der Waals surface area contributed by atoms with Crippen LogP contribution in [0.4, 0.5) is 5.69 Å². The van der Waals surface area contributed by atoms with E-state index in [1.165, 1.54) is 6.42 Å². The molecule has 0 radical (unpaired) electrons. The maximum atomic E-state index is 8.98. The zero-order valence-electron chi connectivity index (χ0n) is 11.3. The summed E-state index contributed by atoms with van der Waals surface area (Å²) in [5.41, 5.74) is 7.41. The number of nitrogens with zero attached hydrogens (tertiary/aromatic N) is 2. The van der Waals surface area contributed by atoms with Gasteiger partial charge in [-0.25, -0.2) is 0 Å². The lowest BCUT2D eigenvalue weighted by Crippen LogP contribution is -2.29. The standard InChI is InChI=1S/C14H20BrN3O2/c15-12-9-10(14(16)17-20)5-6-13(12)18-7-1-3-11(18)4-2-8-19/h5-6,9,11,19-20H,1-4,7-8H2,(H2,16,17). The maximum Gasteiger partial charge on any atom is 0.170 e. The number of oxime groups is 1. The molecular formula is C14H20BrN3O2. The van der Waals surface area contributed by atoms with Crippen molar-refractivity contribution in [2.75, 3.05) is 18.1 Å². The predicted octanol–water partition coefficient (Wildman–Crippen LogP) is 2.28. The number of aliphatic hydroxyl groups is 1. The van der Waals surface area contributed by atoms with Gasteiger partial charge in [-0.2, -0.15) is 0 Å². The molecule has 1 saturated heterocycles. The average molecular weight is 342 g/mol. The third kappa shape index (κ3) is 3.24. The van der Waals surface area contributed by atoms with Crippen LogP contribution in [0, 0.1) is 0 Å².